The van der Waals surface area contributed by atoms with E-state index in [2.05, 4.69) is 5.32 Å². The number of nitrogens with zero attached hydrogens (tertiary/aromatic N) is 2. The van der Waals surface area contributed by atoms with Crippen LogP contribution in [0.5, 0.6) is 0 Å². The number of benzene rings is 4. The maximum Gasteiger partial charge on any atom is 0.264 e. The zero-order valence-corrected chi connectivity index (χ0v) is 29.4. The van der Waals surface area contributed by atoms with E-state index in [0.29, 0.717) is 5.02 Å². The second-order valence-electron chi connectivity index (χ2n) is 12.8. The highest BCUT2D eigenvalue weighted by molar-refractivity contribution is 7.92. The van der Waals surface area contributed by atoms with Gasteiger partial charge in [0.05, 0.1) is 10.6 Å². The number of aryl methyl sites for hydroxylation is 3. The van der Waals surface area contributed by atoms with Crippen LogP contribution in [0.2, 0.25) is 5.02 Å². The minimum Gasteiger partial charge on any atom is -0.352 e. The number of halogens is 1. The normalized spacial score (nSPS) is 14.2. The van der Waals surface area contributed by atoms with Crippen LogP contribution in [0.3, 0.4) is 0 Å². The highest BCUT2D eigenvalue weighted by Gasteiger charge is 2.35. The Hall–Kier alpha value is -4.14. The van der Waals surface area contributed by atoms with Crippen molar-refractivity contribution in [3.05, 3.63) is 130 Å². The summed E-state index contributed by atoms with van der Waals surface area (Å²) >= 11 is 6.50. The Morgan fingerprint density at radius 3 is 2.06 bits per heavy atom. The number of nitrogens with one attached hydrogen (secondary N) is 1. The molecule has 1 aliphatic carbocycles. The van der Waals surface area contributed by atoms with E-state index in [1.165, 1.54) is 12.1 Å². The lowest BCUT2D eigenvalue weighted by Gasteiger charge is -2.35. The standard InChI is InChI=1S/C39H44ClN3O4S/c1-28-14-19-32(20-15-28)26-42(37(24-31-10-6-4-7-11-31)39(45)41-33-12-8-5-9-13-33)38(44)27-43(34-21-18-30(3)36(40)25-34)48(46,47)35-22-16-29(2)17-23-35/h4,6-7,10-11,14-23,25,33,37H,5,8-9,12-13,24,26-27H2,1-3H3,(H,41,45). The maximum absolute atomic E-state index is 14.7. The first-order valence-electron chi connectivity index (χ1n) is 16.6. The van der Waals surface area contributed by atoms with Crippen molar-refractivity contribution in [3.8, 4) is 0 Å². The molecule has 252 valence electrons. The van der Waals surface area contributed by atoms with Crippen LogP contribution in [-0.4, -0.2) is 43.8 Å². The second-order valence-corrected chi connectivity index (χ2v) is 15.1. The third kappa shape index (κ3) is 8.85. The Morgan fingerprint density at radius 2 is 1.44 bits per heavy atom. The predicted octanol–water partition coefficient (Wildman–Crippen LogP) is 7.55. The van der Waals surface area contributed by atoms with Gasteiger partial charge in [0.1, 0.15) is 12.6 Å². The fourth-order valence-electron chi connectivity index (χ4n) is 6.09. The van der Waals surface area contributed by atoms with Crippen LogP contribution >= 0.6 is 11.6 Å². The molecule has 0 aliphatic heterocycles. The minimum atomic E-state index is -4.21. The summed E-state index contributed by atoms with van der Waals surface area (Å²) < 4.78 is 29.7. The van der Waals surface area contributed by atoms with Crippen molar-refractivity contribution in [1.82, 2.24) is 10.2 Å². The van der Waals surface area contributed by atoms with Gasteiger partial charge in [0.15, 0.2) is 0 Å². The van der Waals surface area contributed by atoms with Gasteiger partial charge in [0.2, 0.25) is 11.8 Å². The molecule has 0 heterocycles. The summed E-state index contributed by atoms with van der Waals surface area (Å²) in [6.45, 7) is 5.30. The van der Waals surface area contributed by atoms with E-state index in [-0.39, 0.29) is 35.5 Å². The maximum atomic E-state index is 14.7. The Morgan fingerprint density at radius 1 is 0.812 bits per heavy atom. The van der Waals surface area contributed by atoms with Crippen LogP contribution in [0, 0.1) is 20.8 Å². The van der Waals surface area contributed by atoms with Crippen molar-refractivity contribution in [3.63, 3.8) is 0 Å². The van der Waals surface area contributed by atoms with Gasteiger partial charge in [-0.1, -0.05) is 115 Å². The van der Waals surface area contributed by atoms with Gasteiger partial charge >= 0.3 is 0 Å². The molecule has 4 aromatic rings. The Bertz CT molecular complexity index is 1810. The van der Waals surface area contributed by atoms with Crippen molar-refractivity contribution in [2.24, 2.45) is 0 Å². The van der Waals surface area contributed by atoms with Crippen LogP contribution in [0.15, 0.2) is 102 Å². The molecule has 1 aliphatic rings. The van der Waals surface area contributed by atoms with Crippen molar-refractivity contribution in [1.29, 1.82) is 0 Å². The Balaban J connectivity index is 1.57. The van der Waals surface area contributed by atoms with Gasteiger partial charge in [-0.25, -0.2) is 8.42 Å². The number of carbonyl (C=O) groups excluding carboxylic acids is 2. The van der Waals surface area contributed by atoms with E-state index < -0.39 is 28.5 Å². The van der Waals surface area contributed by atoms with Crippen LogP contribution in [-0.2, 0) is 32.6 Å². The van der Waals surface area contributed by atoms with Crippen molar-refractivity contribution in [2.75, 3.05) is 10.8 Å². The number of carbonyl (C=O) groups is 2. The lowest BCUT2D eigenvalue weighted by Crippen LogP contribution is -2.55. The van der Waals surface area contributed by atoms with Gasteiger partial charge in [0, 0.05) is 24.0 Å². The monoisotopic (exact) mass is 685 g/mol. The number of hydrogen-bond donors (Lipinski definition) is 1. The Kier molecular flexibility index (Phi) is 11.6. The molecule has 7 nitrogen and oxygen atoms in total. The summed E-state index contributed by atoms with van der Waals surface area (Å²) in [7, 11) is -4.21. The largest absolute Gasteiger partial charge is 0.352 e. The summed E-state index contributed by atoms with van der Waals surface area (Å²) in [6, 6.07) is 28.1. The molecule has 0 saturated heterocycles. The molecule has 48 heavy (non-hydrogen) atoms. The van der Waals surface area contributed by atoms with Crippen molar-refractivity contribution in [2.45, 2.75) is 82.8 Å². The zero-order valence-electron chi connectivity index (χ0n) is 27.9. The van der Waals surface area contributed by atoms with Crippen LogP contribution in [0.1, 0.15) is 59.9 Å². The summed E-state index contributed by atoms with van der Waals surface area (Å²) in [5.74, 6) is -0.736. The number of rotatable bonds is 12. The highest BCUT2D eigenvalue weighted by atomic mass is 35.5. The zero-order chi connectivity index (χ0) is 34.3. The lowest BCUT2D eigenvalue weighted by molar-refractivity contribution is -0.140. The first-order valence-corrected chi connectivity index (χ1v) is 18.4. The molecule has 0 aromatic heterocycles. The van der Waals surface area contributed by atoms with E-state index in [1.54, 1.807) is 35.2 Å². The molecule has 4 aromatic carbocycles. The predicted molar refractivity (Wildman–Crippen MR) is 193 cm³/mol. The molecular weight excluding hydrogens is 642 g/mol. The number of amides is 2. The topological polar surface area (TPSA) is 86.8 Å². The summed E-state index contributed by atoms with van der Waals surface area (Å²) in [4.78, 5) is 30.6. The van der Waals surface area contributed by atoms with E-state index in [0.717, 1.165) is 64.2 Å². The lowest BCUT2D eigenvalue weighted by atomic mass is 9.94. The number of hydrogen-bond acceptors (Lipinski definition) is 4. The molecule has 0 bridgehead atoms. The number of sulfonamides is 1. The van der Waals surface area contributed by atoms with Crippen LogP contribution in [0.25, 0.3) is 0 Å². The first kappa shape index (κ1) is 35.2. The second kappa shape index (κ2) is 15.8. The molecule has 1 saturated carbocycles. The molecule has 1 fully saturated rings. The molecule has 1 atom stereocenters. The smallest absolute Gasteiger partial charge is 0.264 e. The van der Waals surface area contributed by atoms with Crippen molar-refractivity contribution >= 4 is 39.1 Å². The summed E-state index contributed by atoms with van der Waals surface area (Å²) in [5, 5.41) is 3.63. The molecule has 0 radical (unpaired) electrons. The minimum absolute atomic E-state index is 0.0361. The molecular formula is C39H44ClN3O4S. The highest BCUT2D eigenvalue weighted by Crippen LogP contribution is 2.29. The van der Waals surface area contributed by atoms with Gasteiger partial charge in [-0.3, -0.25) is 13.9 Å². The summed E-state index contributed by atoms with van der Waals surface area (Å²) in [6.07, 6.45) is 5.31. The number of anilines is 1. The van der Waals surface area contributed by atoms with Gasteiger partial charge in [-0.15, -0.1) is 0 Å². The fourth-order valence-corrected chi connectivity index (χ4v) is 7.67. The van der Waals surface area contributed by atoms with Gasteiger partial charge in [-0.2, -0.15) is 0 Å². The Labute approximate surface area is 290 Å². The molecule has 2 amide bonds. The molecule has 1 N–H and O–H groups in total. The van der Waals surface area contributed by atoms with E-state index in [1.807, 2.05) is 75.4 Å². The quantitative estimate of drug-likeness (QED) is 0.167. The summed E-state index contributed by atoms with van der Waals surface area (Å²) in [5.41, 5.74) is 4.76. The van der Waals surface area contributed by atoms with E-state index in [4.69, 9.17) is 11.6 Å². The average molecular weight is 686 g/mol. The molecule has 9 heteroatoms. The molecule has 1 unspecified atom stereocenters. The van der Waals surface area contributed by atoms with Gasteiger partial charge < -0.3 is 10.2 Å². The SMILES string of the molecule is Cc1ccc(CN(C(=O)CN(c2ccc(C)c(Cl)c2)S(=O)(=O)c2ccc(C)cc2)C(Cc2ccccc2)C(=O)NC2CCCCC2)cc1. The van der Waals surface area contributed by atoms with Crippen molar-refractivity contribution < 1.29 is 18.0 Å². The van der Waals surface area contributed by atoms with E-state index in [9.17, 15) is 18.0 Å². The molecule has 0 spiro atoms. The van der Waals surface area contributed by atoms with Crippen LogP contribution < -0.4 is 9.62 Å². The third-order valence-electron chi connectivity index (χ3n) is 9.03. The fraction of sp³-hybridized carbons (Fsp3) is 0.333. The van der Waals surface area contributed by atoms with E-state index >= 15 is 0 Å². The van der Waals surface area contributed by atoms with Gasteiger partial charge in [-0.05, 0) is 74.6 Å². The molecule has 5 rings (SSSR count). The van der Waals surface area contributed by atoms with Crippen LogP contribution in [0.4, 0.5) is 5.69 Å². The average Bonchev–Trinajstić information content (AvgIpc) is 3.08. The third-order valence-corrected chi connectivity index (χ3v) is 11.2. The van der Waals surface area contributed by atoms with Gasteiger partial charge in [0.25, 0.3) is 10.0 Å². The first-order chi connectivity index (χ1) is 23.0.